The molecule has 2 aromatic heterocycles. The van der Waals surface area contributed by atoms with Gasteiger partial charge in [-0.2, -0.15) is 5.26 Å². The van der Waals surface area contributed by atoms with E-state index in [0.29, 0.717) is 5.56 Å². The predicted octanol–water partition coefficient (Wildman–Crippen LogP) is 7.23. The number of halogens is 1. The lowest BCUT2D eigenvalue weighted by Crippen LogP contribution is -2.24. The van der Waals surface area contributed by atoms with Gasteiger partial charge in [0, 0.05) is 46.7 Å². The van der Waals surface area contributed by atoms with Crippen LogP contribution in [0.3, 0.4) is 0 Å². The number of nitrogens with zero attached hydrogens (tertiary/aromatic N) is 3. The topological polar surface area (TPSA) is 69.4 Å². The molecule has 4 rings (SSSR count). The van der Waals surface area contributed by atoms with Crippen molar-refractivity contribution >= 4 is 64.2 Å². The van der Waals surface area contributed by atoms with Gasteiger partial charge in [-0.15, -0.1) is 0 Å². The van der Waals surface area contributed by atoms with E-state index in [1.54, 1.807) is 21.1 Å². The van der Waals surface area contributed by atoms with Crippen molar-refractivity contribution in [2.75, 3.05) is 0 Å². The third kappa shape index (κ3) is 4.53. The molecule has 0 fully saturated rings. The number of rotatable bonds is 6. The standard InChI is InChI=1S/C24H26IN5S2/c1-6-16-11-14(2)22-17(9-10-30(22)32-25)20(16)21(29-31-24(3,4)5)23-27-18-8-7-15(13-26)12-19(18)28-23/h7-12,21,29H,6H2,1-5H3,(H,27,28). The summed E-state index contributed by atoms with van der Waals surface area (Å²) >= 11 is 4.05. The van der Waals surface area contributed by atoms with Crippen LogP contribution in [-0.2, 0) is 6.42 Å². The van der Waals surface area contributed by atoms with Crippen molar-refractivity contribution in [2.45, 2.75) is 51.8 Å². The van der Waals surface area contributed by atoms with Crippen molar-refractivity contribution in [1.29, 1.82) is 5.26 Å². The van der Waals surface area contributed by atoms with E-state index < -0.39 is 0 Å². The Morgan fingerprint density at radius 1 is 1.28 bits per heavy atom. The summed E-state index contributed by atoms with van der Waals surface area (Å²) in [5.41, 5.74) is 7.48. The van der Waals surface area contributed by atoms with Gasteiger partial charge in [-0.25, -0.2) is 9.71 Å². The zero-order valence-corrected chi connectivity index (χ0v) is 22.6. The van der Waals surface area contributed by atoms with E-state index in [1.807, 2.05) is 18.2 Å². The molecule has 0 saturated carbocycles. The highest BCUT2D eigenvalue weighted by molar-refractivity contribution is 14.2. The smallest absolute Gasteiger partial charge is 0.129 e. The van der Waals surface area contributed by atoms with Crippen molar-refractivity contribution < 1.29 is 0 Å². The molecule has 4 aromatic rings. The summed E-state index contributed by atoms with van der Waals surface area (Å²) in [6.07, 6.45) is 3.08. The number of hydrogen-bond acceptors (Lipinski definition) is 5. The molecule has 0 amide bonds. The summed E-state index contributed by atoms with van der Waals surface area (Å²) in [5, 5.41) is 10.5. The first kappa shape index (κ1) is 23.5. The number of aryl methyl sites for hydroxylation is 2. The molecule has 5 nitrogen and oxygen atoms in total. The average molecular weight is 576 g/mol. The summed E-state index contributed by atoms with van der Waals surface area (Å²) in [4.78, 5) is 8.45. The number of fused-ring (bicyclic) bond motifs is 2. The predicted molar refractivity (Wildman–Crippen MR) is 146 cm³/mol. The minimum absolute atomic E-state index is 0.0401. The third-order valence-corrected chi connectivity index (χ3v) is 8.07. The van der Waals surface area contributed by atoms with Crippen LogP contribution in [0.4, 0.5) is 0 Å². The minimum Gasteiger partial charge on any atom is -0.340 e. The second-order valence-corrected chi connectivity index (χ2v) is 12.2. The average Bonchev–Trinajstić information content (AvgIpc) is 3.37. The molecule has 0 aliphatic heterocycles. The highest BCUT2D eigenvalue weighted by Crippen LogP contribution is 2.38. The Hall–Kier alpha value is -1.67. The van der Waals surface area contributed by atoms with Gasteiger partial charge in [-0.3, -0.25) is 3.97 Å². The number of hydrogen-bond donors (Lipinski definition) is 2. The van der Waals surface area contributed by atoms with E-state index in [9.17, 15) is 5.26 Å². The first-order valence-corrected chi connectivity index (χ1v) is 14.6. The molecule has 0 aliphatic rings. The second kappa shape index (κ2) is 9.29. The second-order valence-electron chi connectivity index (χ2n) is 8.82. The summed E-state index contributed by atoms with van der Waals surface area (Å²) in [7, 11) is 1.68. The summed E-state index contributed by atoms with van der Waals surface area (Å²) in [6, 6.07) is 12.2. The third-order valence-electron chi connectivity index (χ3n) is 5.38. The maximum Gasteiger partial charge on any atom is 0.129 e. The van der Waals surface area contributed by atoms with Crippen LogP contribution in [0.15, 0.2) is 36.5 Å². The molecule has 0 spiro atoms. The maximum atomic E-state index is 9.30. The zero-order chi connectivity index (χ0) is 23.0. The van der Waals surface area contributed by atoms with Crippen molar-refractivity contribution in [3.8, 4) is 6.07 Å². The Labute approximate surface area is 209 Å². The number of nitriles is 1. The van der Waals surface area contributed by atoms with E-state index in [1.165, 1.54) is 27.6 Å². The molecule has 0 bridgehead atoms. The number of benzene rings is 2. The van der Waals surface area contributed by atoms with Gasteiger partial charge in [-0.1, -0.05) is 24.9 Å². The lowest BCUT2D eigenvalue weighted by molar-refractivity contribution is 0.721. The first-order valence-electron chi connectivity index (χ1n) is 10.5. The fraction of sp³-hybridized carbons (Fsp3) is 0.333. The molecule has 0 aliphatic carbocycles. The molecule has 8 heteroatoms. The van der Waals surface area contributed by atoms with Gasteiger partial charge < -0.3 is 4.98 Å². The van der Waals surface area contributed by atoms with Gasteiger partial charge in [0.05, 0.1) is 28.2 Å². The van der Waals surface area contributed by atoms with Crippen LogP contribution < -0.4 is 4.72 Å². The van der Waals surface area contributed by atoms with Gasteiger partial charge in [0.25, 0.3) is 0 Å². The molecule has 1 unspecified atom stereocenters. The lowest BCUT2D eigenvalue weighted by Gasteiger charge is -2.26. The summed E-state index contributed by atoms with van der Waals surface area (Å²) in [6.45, 7) is 11.0. The van der Waals surface area contributed by atoms with Crippen LogP contribution in [0.1, 0.15) is 61.8 Å². The molecule has 2 aromatic carbocycles. The lowest BCUT2D eigenvalue weighted by atomic mass is 9.92. The Kier molecular flexibility index (Phi) is 6.82. The van der Waals surface area contributed by atoms with E-state index in [0.717, 1.165) is 23.3 Å². The van der Waals surface area contributed by atoms with Crippen LogP contribution in [0.2, 0.25) is 0 Å². The van der Waals surface area contributed by atoms with Crippen LogP contribution in [-0.4, -0.2) is 18.7 Å². The molecule has 32 heavy (non-hydrogen) atoms. The van der Waals surface area contributed by atoms with E-state index in [2.05, 4.69) is 93.9 Å². The Bertz CT molecular complexity index is 1330. The quantitative estimate of drug-likeness (QED) is 0.188. The van der Waals surface area contributed by atoms with Crippen LogP contribution in [0.25, 0.3) is 21.9 Å². The Morgan fingerprint density at radius 3 is 2.72 bits per heavy atom. The maximum absolute atomic E-state index is 9.30. The molecular weight excluding hydrogens is 549 g/mol. The van der Waals surface area contributed by atoms with Gasteiger partial charge in [0.1, 0.15) is 11.9 Å². The van der Waals surface area contributed by atoms with E-state index in [-0.39, 0.29) is 10.8 Å². The summed E-state index contributed by atoms with van der Waals surface area (Å²) in [5.74, 6) is 0.863. The Morgan fingerprint density at radius 2 is 2.06 bits per heavy atom. The molecule has 2 N–H and O–H groups in total. The first-order chi connectivity index (χ1) is 15.3. The van der Waals surface area contributed by atoms with Gasteiger partial charge >= 0.3 is 0 Å². The summed E-state index contributed by atoms with van der Waals surface area (Å²) < 4.78 is 6.00. The Balaban J connectivity index is 1.95. The fourth-order valence-electron chi connectivity index (χ4n) is 4.01. The number of aromatic amines is 1. The number of nitrogens with one attached hydrogen (secondary N) is 2. The van der Waals surface area contributed by atoms with Crippen molar-refractivity contribution in [3.05, 3.63) is 64.6 Å². The molecule has 1 atom stereocenters. The van der Waals surface area contributed by atoms with Crippen molar-refractivity contribution in [1.82, 2.24) is 18.7 Å². The van der Waals surface area contributed by atoms with E-state index in [4.69, 9.17) is 4.98 Å². The normalized spacial score (nSPS) is 13.0. The van der Waals surface area contributed by atoms with Crippen molar-refractivity contribution in [3.63, 3.8) is 0 Å². The minimum atomic E-state index is -0.120. The highest BCUT2D eigenvalue weighted by atomic mass is 127. The van der Waals surface area contributed by atoms with Crippen LogP contribution in [0, 0.1) is 18.3 Å². The molecule has 166 valence electrons. The fourth-order valence-corrected chi connectivity index (χ4v) is 6.12. The number of imidazole rings is 1. The van der Waals surface area contributed by atoms with Gasteiger partial charge in [-0.05, 0) is 75.1 Å². The number of aromatic nitrogens is 3. The molecule has 0 saturated heterocycles. The number of H-pyrrole nitrogens is 1. The van der Waals surface area contributed by atoms with Gasteiger partial charge in [0.15, 0.2) is 0 Å². The molecule has 2 heterocycles. The van der Waals surface area contributed by atoms with E-state index >= 15 is 0 Å². The van der Waals surface area contributed by atoms with Crippen LogP contribution >= 0.6 is 42.3 Å². The zero-order valence-electron chi connectivity index (χ0n) is 18.8. The monoisotopic (exact) mass is 575 g/mol. The van der Waals surface area contributed by atoms with Crippen LogP contribution in [0.5, 0.6) is 0 Å². The van der Waals surface area contributed by atoms with Gasteiger partial charge in [0.2, 0.25) is 0 Å². The SMILES string of the molecule is CCc1cc(C)c2c(ccn2SI)c1C(NSC(C)(C)C)c1nc2ccc(C#N)cc2[nH]1. The molecular formula is C24H26IN5S2. The van der Waals surface area contributed by atoms with Crippen molar-refractivity contribution in [2.24, 2.45) is 0 Å². The molecule has 0 radical (unpaired) electrons. The largest absolute Gasteiger partial charge is 0.340 e. The highest BCUT2D eigenvalue weighted by Gasteiger charge is 2.27.